The highest BCUT2D eigenvalue weighted by atomic mass is 32.2. The molecule has 0 aliphatic carbocycles. The van der Waals surface area contributed by atoms with Crippen molar-refractivity contribution in [3.05, 3.63) is 69.0 Å². The van der Waals surface area contributed by atoms with Crippen LogP contribution < -0.4 is 20.3 Å². The van der Waals surface area contributed by atoms with Crippen molar-refractivity contribution in [2.75, 3.05) is 18.7 Å². The Hall–Kier alpha value is -3.37. The zero-order valence-corrected chi connectivity index (χ0v) is 20.2. The Kier molecular flexibility index (Phi) is 6.01. The zero-order valence-electron chi connectivity index (χ0n) is 18.6. The summed E-state index contributed by atoms with van der Waals surface area (Å²) in [6.45, 7) is 5.20. The molecule has 0 bridgehead atoms. The molecule has 2 aliphatic heterocycles. The van der Waals surface area contributed by atoms with Gasteiger partial charge in [0.2, 0.25) is 6.79 Å². The van der Waals surface area contributed by atoms with E-state index in [1.54, 1.807) is 29.3 Å². The van der Waals surface area contributed by atoms with E-state index in [1.165, 1.54) is 16.2 Å². The lowest BCUT2D eigenvalue weighted by atomic mass is 10.2. The third-order valence-corrected chi connectivity index (χ3v) is 6.74. The second-order valence-corrected chi connectivity index (χ2v) is 10.0. The summed E-state index contributed by atoms with van der Waals surface area (Å²) in [5.41, 5.74) is 1.47. The molecule has 3 aromatic rings. The van der Waals surface area contributed by atoms with Crippen LogP contribution in [-0.4, -0.2) is 37.8 Å². The molecule has 2 aliphatic rings. The van der Waals surface area contributed by atoms with Crippen LogP contribution in [0.2, 0.25) is 0 Å². The normalized spacial score (nSPS) is 16.3. The van der Waals surface area contributed by atoms with Gasteiger partial charge in [0.05, 0.1) is 10.5 Å². The monoisotopic (exact) mass is 494 g/mol. The molecule has 1 fully saturated rings. The van der Waals surface area contributed by atoms with Gasteiger partial charge in [-0.25, -0.2) is 4.98 Å². The highest BCUT2D eigenvalue weighted by Gasteiger charge is 2.33. The number of amides is 1. The van der Waals surface area contributed by atoms with Crippen molar-refractivity contribution in [1.82, 2.24) is 14.3 Å². The van der Waals surface area contributed by atoms with Crippen molar-refractivity contribution in [2.24, 2.45) is 5.92 Å². The molecule has 34 heavy (non-hydrogen) atoms. The number of nitrogens with zero attached hydrogens (tertiary/aromatic N) is 3. The number of ether oxygens (including phenoxy) is 2. The molecule has 1 saturated heterocycles. The van der Waals surface area contributed by atoms with E-state index in [-0.39, 0.29) is 24.2 Å². The van der Waals surface area contributed by atoms with Crippen molar-refractivity contribution < 1.29 is 14.3 Å². The molecule has 0 radical (unpaired) electrons. The second-order valence-electron chi connectivity index (χ2n) is 8.34. The van der Waals surface area contributed by atoms with E-state index in [9.17, 15) is 9.59 Å². The van der Waals surface area contributed by atoms with Crippen LogP contribution in [0.15, 0.2) is 52.3 Å². The highest BCUT2D eigenvalue weighted by Crippen LogP contribution is 2.34. The highest BCUT2D eigenvalue weighted by molar-refractivity contribution is 8.26. The zero-order chi connectivity index (χ0) is 23.8. The molecule has 1 N–H and O–H groups in total. The molecule has 1 amide bonds. The minimum Gasteiger partial charge on any atom is -0.454 e. The molecule has 8 nitrogen and oxygen atoms in total. The van der Waals surface area contributed by atoms with Crippen molar-refractivity contribution in [3.63, 3.8) is 0 Å². The first-order valence-electron chi connectivity index (χ1n) is 10.8. The Morgan fingerprint density at radius 1 is 1.21 bits per heavy atom. The smallest absolute Gasteiger partial charge is 0.267 e. The van der Waals surface area contributed by atoms with Crippen molar-refractivity contribution in [3.8, 4) is 11.5 Å². The molecule has 10 heteroatoms. The maximum atomic E-state index is 13.4. The number of nitrogens with one attached hydrogen (secondary N) is 1. The van der Waals surface area contributed by atoms with Crippen LogP contribution in [0.4, 0.5) is 5.82 Å². The third kappa shape index (κ3) is 4.26. The molecule has 1 aromatic carbocycles. The fraction of sp³-hybridized carbons (Fsp3) is 0.250. The molecule has 4 heterocycles. The van der Waals surface area contributed by atoms with Gasteiger partial charge in [-0.3, -0.25) is 18.9 Å². The van der Waals surface area contributed by atoms with Gasteiger partial charge in [-0.05, 0) is 41.8 Å². The fourth-order valence-electron chi connectivity index (χ4n) is 3.76. The summed E-state index contributed by atoms with van der Waals surface area (Å²) < 4.78 is 12.8. The number of hydrogen-bond acceptors (Lipinski definition) is 8. The van der Waals surface area contributed by atoms with Crippen LogP contribution in [0.1, 0.15) is 25.0 Å². The van der Waals surface area contributed by atoms with E-state index in [4.69, 9.17) is 21.7 Å². The second kappa shape index (κ2) is 9.11. The van der Waals surface area contributed by atoms with E-state index in [1.807, 2.05) is 38.1 Å². The number of rotatable bonds is 6. The summed E-state index contributed by atoms with van der Waals surface area (Å²) in [4.78, 5) is 33.0. The molecule has 0 spiro atoms. The number of aromatic nitrogens is 2. The van der Waals surface area contributed by atoms with Gasteiger partial charge in [0.1, 0.15) is 15.8 Å². The van der Waals surface area contributed by atoms with Gasteiger partial charge in [-0.2, -0.15) is 0 Å². The van der Waals surface area contributed by atoms with E-state index in [2.05, 4.69) is 10.3 Å². The number of carbonyl (C=O) groups is 1. The minimum atomic E-state index is -0.270. The molecule has 0 atom stereocenters. The number of hydrogen-bond donors (Lipinski definition) is 1. The summed E-state index contributed by atoms with van der Waals surface area (Å²) in [5.74, 6) is 1.86. The number of thioether (sulfide) groups is 1. The van der Waals surface area contributed by atoms with E-state index in [0.717, 1.165) is 5.56 Å². The molecular formula is C24H22N4O4S2. The predicted molar refractivity (Wildman–Crippen MR) is 136 cm³/mol. The predicted octanol–water partition coefficient (Wildman–Crippen LogP) is 3.89. The van der Waals surface area contributed by atoms with Gasteiger partial charge < -0.3 is 14.8 Å². The first kappa shape index (κ1) is 22.4. The van der Waals surface area contributed by atoms with Crippen LogP contribution >= 0.6 is 24.0 Å². The number of carbonyl (C=O) groups excluding carboxylic acids is 1. The van der Waals surface area contributed by atoms with Gasteiger partial charge in [0.15, 0.2) is 11.5 Å². The molecule has 0 saturated carbocycles. The van der Waals surface area contributed by atoms with Gasteiger partial charge in [-0.1, -0.05) is 50.0 Å². The van der Waals surface area contributed by atoms with Gasteiger partial charge >= 0.3 is 0 Å². The van der Waals surface area contributed by atoms with E-state index >= 15 is 0 Å². The lowest BCUT2D eigenvalue weighted by molar-refractivity contribution is -0.122. The number of pyridine rings is 1. The van der Waals surface area contributed by atoms with E-state index < -0.39 is 0 Å². The van der Waals surface area contributed by atoms with Gasteiger partial charge in [0, 0.05) is 19.3 Å². The topological polar surface area (TPSA) is 85.2 Å². The van der Waals surface area contributed by atoms with Gasteiger partial charge in [-0.15, -0.1) is 0 Å². The lowest BCUT2D eigenvalue weighted by Crippen LogP contribution is -2.31. The minimum absolute atomic E-state index is 0.192. The van der Waals surface area contributed by atoms with Crippen molar-refractivity contribution in [2.45, 2.75) is 20.4 Å². The molecule has 174 valence electrons. The van der Waals surface area contributed by atoms with Gasteiger partial charge in [0.25, 0.3) is 11.5 Å². The first-order valence-corrected chi connectivity index (χ1v) is 12.0. The van der Waals surface area contributed by atoms with Crippen LogP contribution in [0.25, 0.3) is 11.7 Å². The quantitative estimate of drug-likeness (QED) is 0.408. The van der Waals surface area contributed by atoms with Crippen LogP contribution in [0.5, 0.6) is 11.5 Å². The number of thiocarbonyl (C=S) groups is 1. The lowest BCUT2D eigenvalue weighted by Gasteiger charge is -2.16. The molecule has 5 rings (SSSR count). The van der Waals surface area contributed by atoms with Crippen molar-refractivity contribution in [1.29, 1.82) is 0 Å². The maximum Gasteiger partial charge on any atom is 0.267 e. The third-order valence-electron chi connectivity index (χ3n) is 5.36. The number of benzene rings is 1. The Morgan fingerprint density at radius 2 is 2.03 bits per heavy atom. The first-order chi connectivity index (χ1) is 16.4. The Labute approximate surface area is 205 Å². The summed E-state index contributed by atoms with van der Waals surface area (Å²) >= 11 is 6.62. The molecular weight excluding hydrogens is 472 g/mol. The Balaban J connectivity index is 1.52. The van der Waals surface area contributed by atoms with Crippen LogP contribution in [0, 0.1) is 5.92 Å². The average molecular weight is 495 g/mol. The standard InChI is InChI=1S/C24H22N4O4S2/c1-14(2)12-28-23(30)19(34-24(28)33)10-16-21(26-20-5-3-4-8-27(20)22(16)29)25-11-15-6-7-17-18(9-15)32-13-31-17/h3-10,14,25H,11-13H2,1-2H3. The fourth-order valence-corrected chi connectivity index (χ4v) is 5.01. The van der Waals surface area contributed by atoms with Crippen LogP contribution in [0.3, 0.4) is 0 Å². The average Bonchev–Trinajstić information content (AvgIpc) is 3.39. The maximum absolute atomic E-state index is 13.4. The Morgan fingerprint density at radius 3 is 2.85 bits per heavy atom. The largest absolute Gasteiger partial charge is 0.454 e. The van der Waals surface area contributed by atoms with Crippen LogP contribution in [-0.2, 0) is 11.3 Å². The summed E-state index contributed by atoms with van der Waals surface area (Å²) in [6.07, 6.45) is 3.25. The summed E-state index contributed by atoms with van der Waals surface area (Å²) in [5, 5.41) is 3.26. The summed E-state index contributed by atoms with van der Waals surface area (Å²) in [6, 6.07) is 11.0. The Bertz CT molecular complexity index is 1400. The summed E-state index contributed by atoms with van der Waals surface area (Å²) in [7, 11) is 0. The number of fused-ring (bicyclic) bond motifs is 2. The van der Waals surface area contributed by atoms with E-state index in [0.29, 0.717) is 50.8 Å². The SMILES string of the molecule is CC(C)CN1C(=O)C(=Cc2c(NCc3ccc4c(c3)OCO4)nc3ccccn3c2=O)SC1=S. The number of anilines is 1. The molecule has 0 unspecified atom stereocenters. The molecule has 2 aromatic heterocycles. The van der Waals surface area contributed by atoms with Crippen molar-refractivity contribution >= 4 is 51.7 Å².